The average Bonchev–Trinajstić information content (AvgIpc) is 3.57. The molecule has 0 saturated carbocycles. The van der Waals surface area contributed by atoms with Crippen LogP contribution < -0.4 is 5.32 Å². The largest absolute Gasteiger partial charge is 0.463 e. The highest BCUT2D eigenvalue weighted by Gasteiger charge is 2.21. The van der Waals surface area contributed by atoms with Gasteiger partial charge in [-0.3, -0.25) is 4.79 Å². The molecule has 5 rings (SSSR count). The SMILES string of the molecule is Cc1ccnc(NC(=O)C(C)OC(=O)c2ccc3nc(-c4ccco4)c(-c4ccco4)nc3c2)c1. The van der Waals surface area contributed by atoms with Crippen LogP contribution in [0.25, 0.3) is 33.9 Å². The van der Waals surface area contributed by atoms with Crippen LogP contribution >= 0.6 is 0 Å². The fourth-order valence-electron chi connectivity index (χ4n) is 3.47. The summed E-state index contributed by atoms with van der Waals surface area (Å²) in [4.78, 5) is 38.7. The first-order valence-corrected chi connectivity index (χ1v) is 10.8. The highest BCUT2D eigenvalue weighted by molar-refractivity contribution is 5.98. The molecule has 4 heterocycles. The first-order chi connectivity index (χ1) is 17.0. The molecule has 0 aliphatic carbocycles. The van der Waals surface area contributed by atoms with Gasteiger partial charge in [0, 0.05) is 6.20 Å². The maximum absolute atomic E-state index is 12.8. The summed E-state index contributed by atoms with van der Waals surface area (Å²) in [6, 6.07) is 15.4. The Labute approximate surface area is 199 Å². The number of carbonyl (C=O) groups excluding carboxylic acids is 2. The Morgan fingerprint density at radius 1 is 0.914 bits per heavy atom. The molecule has 4 aromatic heterocycles. The molecule has 1 atom stereocenters. The third-order valence-corrected chi connectivity index (χ3v) is 5.23. The Hall–Kier alpha value is -4.79. The van der Waals surface area contributed by atoms with Gasteiger partial charge in [-0.15, -0.1) is 0 Å². The molecule has 0 saturated heterocycles. The summed E-state index contributed by atoms with van der Waals surface area (Å²) in [5, 5.41) is 2.64. The van der Waals surface area contributed by atoms with E-state index in [9.17, 15) is 9.59 Å². The summed E-state index contributed by atoms with van der Waals surface area (Å²) in [6.45, 7) is 3.38. The molecule has 0 radical (unpaired) electrons. The van der Waals surface area contributed by atoms with Gasteiger partial charge in [0.15, 0.2) is 17.6 Å². The van der Waals surface area contributed by atoms with Crippen molar-refractivity contribution in [2.45, 2.75) is 20.0 Å². The third kappa shape index (κ3) is 4.65. The second-order valence-electron chi connectivity index (χ2n) is 7.83. The average molecular weight is 468 g/mol. The molecule has 1 unspecified atom stereocenters. The minimum Gasteiger partial charge on any atom is -0.463 e. The van der Waals surface area contributed by atoms with Gasteiger partial charge >= 0.3 is 5.97 Å². The lowest BCUT2D eigenvalue weighted by Gasteiger charge is -2.14. The first kappa shape index (κ1) is 22.0. The summed E-state index contributed by atoms with van der Waals surface area (Å²) in [6.07, 6.45) is 3.65. The second-order valence-corrected chi connectivity index (χ2v) is 7.83. The zero-order valence-electron chi connectivity index (χ0n) is 18.9. The van der Waals surface area contributed by atoms with Crippen molar-refractivity contribution >= 4 is 28.7 Å². The molecule has 1 N–H and O–H groups in total. The lowest BCUT2D eigenvalue weighted by atomic mass is 10.1. The van der Waals surface area contributed by atoms with Gasteiger partial charge in [0.2, 0.25) is 0 Å². The van der Waals surface area contributed by atoms with E-state index in [1.54, 1.807) is 67.3 Å². The molecule has 1 aromatic carbocycles. The number of nitrogens with zero attached hydrogens (tertiary/aromatic N) is 3. The van der Waals surface area contributed by atoms with Crippen LogP contribution in [0.3, 0.4) is 0 Å². The van der Waals surface area contributed by atoms with Gasteiger partial charge in [0.1, 0.15) is 17.2 Å². The number of hydrogen-bond acceptors (Lipinski definition) is 8. The van der Waals surface area contributed by atoms with Gasteiger partial charge in [-0.05, 0) is 74.0 Å². The standard InChI is InChI=1S/C26H20N4O5/c1-15-9-10-27-22(13-15)30-25(31)16(2)35-26(32)17-7-8-18-19(14-17)29-24(21-6-4-12-34-21)23(28-18)20-5-3-11-33-20/h3-14,16H,1-2H3,(H,27,30,31). The zero-order valence-corrected chi connectivity index (χ0v) is 18.9. The molecule has 0 bridgehead atoms. The number of esters is 1. The van der Waals surface area contributed by atoms with Crippen LogP contribution in [0.1, 0.15) is 22.8 Å². The van der Waals surface area contributed by atoms with Crippen molar-refractivity contribution in [3.8, 4) is 22.9 Å². The van der Waals surface area contributed by atoms with Crippen LogP contribution in [0.4, 0.5) is 5.82 Å². The molecule has 5 aromatic rings. The summed E-state index contributed by atoms with van der Waals surface area (Å²) >= 11 is 0. The number of aryl methyl sites for hydroxylation is 1. The minimum absolute atomic E-state index is 0.233. The Bertz CT molecular complexity index is 1510. The van der Waals surface area contributed by atoms with E-state index in [1.165, 1.54) is 6.92 Å². The van der Waals surface area contributed by atoms with Crippen LogP contribution in [-0.2, 0) is 9.53 Å². The van der Waals surface area contributed by atoms with E-state index in [0.717, 1.165) is 5.56 Å². The summed E-state index contributed by atoms with van der Waals surface area (Å²) in [5.41, 5.74) is 3.18. The zero-order chi connectivity index (χ0) is 24.4. The molecule has 35 heavy (non-hydrogen) atoms. The van der Waals surface area contributed by atoms with E-state index in [2.05, 4.69) is 20.3 Å². The van der Waals surface area contributed by atoms with Crippen molar-refractivity contribution in [3.63, 3.8) is 0 Å². The molecular weight excluding hydrogens is 448 g/mol. The second kappa shape index (κ2) is 9.22. The topological polar surface area (TPSA) is 120 Å². The van der Waals surface area contributed by atoms with Gasteiger partial charge in [-0.2, -0.15) is 0 Å². The molecule has 9 nitrogen and oxygen atoms in total. The number of benzene rings is 1. The number of furan rings is 2. The molecular formula is C26H20N4O5. The summed E-state index contributed by atoms with van der Waals surface area (Å²) < 4.78 is 16.4. The third-order valence-electron chi connectivity index (χ3n) is 5.23. The summed E-state index contributed by atoms with van der Waals surface area (Å²) in [5.74, 6) is 0.284. The van der Waals surface area contributed by atoms with Crippen molar-refractivity contribution < 1.29 is 23.2 Å². The van der Waals surface area contributed by atoms with E-state index in [1.807, 2.05) is 13.0 Å². The van der Waals surface area contributed by atoms with E-state index in [4.69, 9.17) is 13.6 Å². The number of fused-ring (bicyclic) bond motifs is 1. The fourth-order valence-corrected chi connectivity index (χ4v) is 3.47. The predicted molar refractivity (Wildman–Crippen MR) is 127 cm³/mol. The molecule has 0 aliphatic heterocycles. The van der Waals surface area contributed by atoms with E-state index >= 15 is 0 Å². The fraction of sp³-hybridized carbons (Fsp3) is 0.115. The Kier molecular flexibility index (Phi) is 5.80. The number of pyridine rings is 1. The van der Waals surface area contributed by atoms with E-state index in [0.29, 0.717) is 39.8 Å². The van der Waals surface area contributed by atoms with Gasteiger partial charge in [-0.1, -0.05) is 0 Å². The number of carbonyl (C=O) groups is 2. The smallest absolute Gasteiger partial charge is 0.338 e. The number of anilines is 1. The quantitative estimate of drug-likeness (QED) is 0.344. The number of nitrogens with one attached hydrogen (secondary N) is 1. The van der Waals surface area contributed by atoms with Crippen LogP contribution in [0.15, 0.2) is 82.2 Å². The Morgan fingerprint density at radius 2 is 1.60 bits per heavy atom. The highest BCUT2D eigenvalue weighted by Crippen LogP contribution is 2.31. The predicted octanol–water partition coefficient (Wildman–Crippen LogP) is 5.04. The van der Waals surface area contributed by atoms with Gasteiger partial charge < -0.3 is 18.9 Å². The van der Waals surface area contributed by atoms with E-state index in [-0.39, 0.29) is 5.56 Å². The maximum Gasteiger partial charge on any atom is 0.338 e. The van der Waals surface area contributed by atoms with Crippen LogP contribution in [-0.4, -0.2) is 32.9 Å². The number of amides is 1. The van der Waals surface area contributed by atoms with Crippen LogP contribution in [0, 0.1) is 6.92 Å². The molecule has 0 fully saturated rings. The van der Waals surface area contributed by atoms with Gasteiger partial charge in [0.05, 0.1) is 29.1 Å². The van der Waals surface area contributed by atoms with Crippen molar-refractivity contribution in [1.82, 2.24) is 15.0 Å². The van der Waals surface area contributed by atoms with Crippen molar-refractivity contribution in [1.29, 1.82) is 0 Å². The van der Waals surface area contributed by atoms with Gasteiger partial charge in [0.25, 0.3) is 5.91 Å². The molecule has 174 valence electrons. The lowest BCUT2D eigenvalue weighted by molar-refractivity contribution is -0.123. The van der Waals surface area contributed by atoms with Crippen LogP contribution in [0.5, 0.6) is 0 Å². The minimum atomic E-state index is -1.04. The number of hydrogen-bond donors (Lipinski definition) is 1. The summed E-state index contributed by atoms with van der Waals surface area (Å²) in [7, 11) is 0. The first-order valence-electron chi connectivity index (χ1n) is 10.8. The Morgan fingerprint density at radius 3 is 2.23 bits per heavy atom. The molecule has 9 heteroatoms. The highest BCUT2D eigenvalue weighted by atomic mass is 16.5. The van der Waals surface area contributed by atoms with Crippen LogP contribution in [0.2, 0.25) is 0 Å². The number of aromatic nitrogens is 3. The normalized spacial score (nSPS) is 11.8. The molecule has 1 amide bonds. The Balaban J connectivity index is 1.40. The van der Waals surface area contributed by atoms with Crippen molar-refractivity contribution in [2.75, 3.05) is 5.32 Å². The molecule has 0 aliphatic rings. The van der Waals surface area contributed by atoms with Gasteiger partial charge in [-0.25, -0.2) is 19.7 Å². The number of rotatable bonds is 6. The molecule has 0 spiro atoms. The number of ether oxygens (including phenoxy) is 1. The monoisotopic (exact) mass is 468 g/mol. The van der Waals surface area contributed by atoms with Crippen molar-refractivity contribution in [2.24, 2.45) is 0 Å². The lowest BCUT2D eigenvalue weighted by Crippen LogP contribution is -2.30. The van der Waals surface area contributed by atoms with E-state index < -0.39 is 18.0 Å². The van der Waals surface area contributed by atoms with Crippen molar-refractivity contribution in [3.05, 3.63) is 84.4 Å². The maximum atomic E-state index is 12.8.